The number of hydrogen-bond acceptors (Lipinski definition) is 5. The summed E-state index contributed by atoms with van der Waals surface area (Å²) in [6.45, 7) is 0.376. The molecule has 1 aliphatic carbocycles. The third-order valence-electron chi connectivity index (χ3n) is 6.35. The Hall–Kier alpha value is -4.22. The highest BCUT2D eigenvalue weighted by atomic mass is 16.2. The first-order valence-corrected chi connectivity index (χ1v) is 11.7. The van der Waals surface area contributed by atoms with Crippen LogP contribution in [-0.4, -0.2) is 38.9 Å². The molecule has 4 aromatic rings. The first kappa shape index (κ1) is 22.6. The van der Waals surface area contributed by atoms with Gasteiger partial charge in [0.05, 0.1) is 29.6 Å². The van der Waals surface area contributed by atoms with E-state index in [0.29, 0.717) is 34.7 Å². The zero-order valence-electron chi connectivity index (χ0n) is 19.5. The van der Waals surface area contributed by atoms with E-state index in [1.807, 2.05) is 41.0 Å². The van der Waals surface area contributed by atoms with Crippen LogP contribution in [0.4, 0.5) is 5.82 Å². The lowest BCUT2D eigenvalue weighted by Gasteiger charge is -2.18. The molecule has 0 bridgehead atoms. The zero-order valence-corrected chi connectivity index (χ0v) is 19.5. The number of carbonyl (C=O) groups is 1. The number of anilines is 1. The maximum absolute atomic E-state index is 13.1. The van der Waals surface area contributed by atoms with Crippen molar-refractivity contribution in [2.45, 2.75) is 32.2 Å². The van der Waals surface area contributed by atoms with E-state index in [2.05, 4.69) is 21.4 Å². The summed E-state index contributed by atoms with van der Waals surface area (Å²) < 4.78 is 2.02. The van der Waals surface area contributed by atoms with Crippen LogP contribution in [0.1, 0.15) is 35.5 Å². The van der Waals surface area contributed by atoms with Gasteiger partial charge in [0, 0.05) is 11.4 Å². The summed E-state index contributed by atoms with van der Waals surface area (Å²) >= 11 is 0. The lowest BCUT2D eigenvalue weighted by molar-refractivity contribution is -0.117. The van der Waals surface area contributed by atoms with E-state index in [0.717, 1.165) is 42.6 Å². The monoisotopic (exact) mass is 466 g/mol. The van der Waals surface area contributed by atoms with Crippen LogP contribution in [0.5, 0.6) is 0 Å². The average molecular weight is 467 g/mol. The lowest BCUT2D eigenvalue weighted by atomic mass is 9.95. The van der Waals surface area contributed by atoms with Gasteiger partial charge in [-0.15, -0.1) is 0 Å². The van der Waals surface area contributed by atoms with Crippen LogP contribution in [0.15, 0.2) is 59.4 Å². The van der Waals surface area contributed by atoms with Crippen molar-refractivity contribution < 1.29 is 4.79 Å². The predicted octanol–water partition coefficient (Wildman–Crippen LogP) is 3.53. The van der Waals surface area contributed by atoms with Crippen LogP contribution in [0.25, 0.3) is 16.6 Å². The first-order chi connectivity index (χ1) is 17.0. The third-order valence-corrected chi connectivity index (χ3v) is 6.35. The Bertz CT molecular complexity index is 1500. The number of benzene rings is 2. The number of nitriles is 1. The summed E-state index contributed by atoms with van der Waals surface area (Å²) in [4.78, 5) is 34.5. The molecule has 8 heteroatoms. The Kier molecular flexibility index (Phi) is 6.17. The molecule has 1 amide bonds. The molecule has 2 aromatic carbocycles. The SMILES string of the molecule is CN(CC(=O)Nc1c(C#N)c2c(n1-c1ccccc1)CCCC2)Cc1nc2ccccc2c(=O)[nH]1. The lowest BCUT2D eigenvalue weighted by Crippen LogP contribution is -2.31. The molecule has 5 rings (SSSR count). The molecule has 8 nitrogen and oxygen atoms in total. The number of nitrogens with one attached hydrogen (secondary N) is 2. The summed E-state index contributed by atoms with van der Waals surface area (Å²) in [6.07, 6.45) is 3.80. The van der Waals surface area contributed by atoms with E-state index in [1.165, 1.54) is 0 Å². The largest absolute Gasteiger partial charge is 0.310 e. The quantitative estimate of drug-likeness (QED) is 0.452. The highest BCUT2D eigenvalue weighted by Crippen LogP contribution is 2.35. The van der Waals surface area contributed by atoms with Gasteiger partial charge in [0.1, 0.15) is 17.7 Å². The van der Waals surface area contributed by atoms with Gasteiger partial charge in [-0.25, -0.2) is 4.98 Å². The van der Waals surface area contributed by atoms with Crippen molar-refractivity contribution in [2.75, 3.05) is 18.9 Å². The minimum absolute atomic E-state index is 0.0754. The molecule has 0 fully saturated rings. The van der Waals surface area contributed by atoms with E-state index in [1.54, 1.807) is 30.1 Å². The van der Waals surface area contributed by atoms with Crippen molar-refractivity contribution in [3.05, 3.63) is 87.6 Å². The van der Waals surface area contributed by atoms with Crippen molar-refractivity contribution in [1.29, 1.82) is 5.26 Å². The van der Waals surface area contributed by atoms with Crippen LogP contribution in [-0.2, 0) is 24.2 Å². The number of hydrogen-bond donors (Lipinski definition) is 2. The second-order valence-electron chi connectivity index (χ2n) is 8.89. The van der Waals surface area contributed by atoms with Crippen LogP contribution in [0.3, 0.4) is 0 Å². The van der Waals surface area contributed by atoms with Crippen molar-refractivity contribution in [2.24, 2.45) is 0 Å². The fraction of sp³-hybridized carbons (Fsp3) is 0.259. The summed E-state index contributed by atoms with van der Waals surface area (Å²) in [5.41, 5.74) is 4.01. The van der Waals surface area contributed by atoms with E-state index in [9.17, 15) is 14.9 Å². The van der Waals surface area contributed by atoms with Crippen molar-refractivity contribution in [3.63, 3.8) is 0 Å². The van der Waals surface area contributed by atoms with Gasteiger partial charge in [0.15, 0.2) is 0 Å². The summed E-state index contributed by atoms with van der Waals surface area (Å²) in [6, 6.07) is 19.3. The topological polar surface area (TPSA) is 107 Å². The molecule has 2 aromatic heterocycles. The highest BCUT2D eigenvalue weighted by Gasteiger charge is 2.27. The zero-order chi connectivity index (χ0) is 24.4. The number of aromatic amines is 1. The molecule has 0 unspecified atom stereocenters. The maximum Gasteiger partial charge on any atom is 0.258 e. The predicted molar refractivity (Wildman–Crippen MR) is 134 cm³/mol. The fourth-order valence-corrected chi connectivity index (χ4v) is 4.83. The number of para-hydroxylation sites is 2. The number of rotatable bonds is 6. The van der Waals surface area contributed by atoms with Crippen molar-refractivity contribution in [3.8, 4) is 11.8 Å². The molecule has 0 saturated heterocycles. The summed E-state index contributed by atoms with van der Waals surface area (Å²) in [5, 5.41) is 13.5. The number of likely N-dealkylation sites (N-methyl/N-ethyl adjacent to an activating group) is 1. The molecule has 0 spiro atoms. The smallest absolute Gasteiger partial charge is 0.258 e. The van der Waals surface area contributed by atoms with Gasteiger partial charge < -0.3 is 10.3 Å². The molecule has 0 radical (unpaired) electrons. The van der Waals surface area contributed by atoms with E-state index in [-0.39, 0.29) is 18.0 Å². The van der Waals surface area contributed by atoms with Crippen molar-refractivity contribution in [1.82, 2.24) is 19.4 Å². The van der Waals surface area contributed by atoms with E-state index in [4.69, 9.17) is 0 Å². The molecule has 1 aliphatic rings. The van der Waals surface area contributed by atoms with Gasteiger partial charge in [-0.2, -0.15) is 5.26 Å². The standard InChI is InChI=1S/C27H26N6O2/c1-32(16-24-29-22-13-7-5-12-20(22)27(35)30-24)17-25(34)31-26-21(15-28)19-11-6-8-14-23(19)33(26)18-9-3-2-4-10-18/h2-5,7,9-10,12-13H,6,8,11,14,16-17H2,1H3,(H,31,34)(H,29,30,35). The summed E-state index contributed by atoms with van der Waals surface area (Å²) in [5.74, 6) is 0.783. The molecular formula is C27H26N6O2. The van der Waals surface area contributed by atoms with Crippen LogP contribution in [0, 0.1) is 11.3 Å². The minimum atomic E-state index is -0.237. The van der Waals surface area contributed by atoms with Gasteiger partial charge in [0.25, 0.3) is 5.56 Å². The molecule has 35 heavy (non-hydrogen) atoms. The van der Waals surface area contributed by atoms with E-state index >= 15 is 0 Å². The maximum atomic E-state index is 13.1. The Balaban J connectivity index is 1.39. The number of aromatic nitrogens is 3. The summed E-state index contributed by atoms with van der Waals surface area (Å²) in [7, 11) is 1.79. The molecular weight excluding hydrogens is 440 g/mol. The Labute approximate surface area is 202 Å². The number of carbonyl (C=O) groups excluding carboxylic acids is 1. The second-order valence-corrected chi connectivity index (χ2v) is 8.89. The van der Waals surface area contributed by atoms with Gasteiger partial charge >= 0.3 is 0 Å². The molecule has 176 valence electrons. The second kappa shape index (κ2) is 9.57. The Morgan fingerprint density at radius 3 is 2.69 bits per heavy atom. The average Bonchev–Trinajstić information content (AvgIpc) is 3.17. The molecule has 2 heterocycles. The molecule has 0 atom stereocenters. The van der Waals surface area contributed by atoms with Crippen LogP contribution < -0.4 is 10.9 Å². The third kappa shape index (κ3) is 4.46. The molecule has 0 aliphatic heterocycles. The normalized spacial score (nSPS) is 12.9. The number of fused-ring (bicyclic) bond motifs is 2. The van der Waals surface area contributed by atoms with E-state index < -0.39 is 0 Å². The molecule has 2 N–H and O–H groups in total. The first-order valence-electron chi connectivity index (χ1n) is 11.7. The van der Waals surface area contributed by atoms with Crippen LogP contribution in [0.2, 0.25) is 0 Å². The highest BCUT2D eigenvalue weighted by molar-refractivity contribution is 5.93. The Morgan fingerprint density at radius 2 is 1.89 bits per heavy atom. The van der Waals surface area contributed by atoms with Gasteiger partial charge in [0.2, 0.25) is 5.91 Å². The number of H-pyrrole nitrogens is 1. The fourth-order valence-electron chi connectivity index (χ4n) is 4.83. The minimum Gasteiger partial charge on any atom is -0.310 e. The van der Waals surface area contributed by atoms with Crippen LogP contribution >= 0.6 is 0 Å². The number of nitrogens with zero attached hydrogens (tertiary/aromatic N) is 4. The molecule has 0 saturated carbocycles. The van der Waals surface area contributed by atoms with Gasteiger partial charge in [-0.1, -0.05) is 30.3 Å². The number of amides is 1. The Morgan fingerprint density at radius 1 is 1.14 bits per heavy atom. The van der Waals surface area contributed by atoms with Gasteiger partial charge in [-0.3, -0.25) is 19.1 Å². The van der Waals surface area contributed by atoms with Gasteiger partial charge in [-0.05, 0) is 62.6 Å². The van der Waals surface area contributed by atoms with Crippen molar-refractivity contribution >= 4 is 22.6 Å².